The lowest BCUT2D eigenvalue weighted by atomic mass is 9.95. The van der Waals surface area contributed by atoms with Crippen LogP contribution in [-0.2, 0) is 12.8 Å². The Morgan fingerprint density at radius 1 is 1.35 bits per heavy atom. The van der Waals surface area contributed by atoms with Crippen LogP contribution in [0.4, 0.5) is 13.2 Å². The average molecular weight is 346 g/mol. The molecule has 1 atom stereocenters. The van der Waals surface area contributed by atoms with Crippen molar-refractivity contribution < 1.29 is 18.0 Å². The van der Waals surface area contributed by atoms with Gasteiger partial charge in [0.1, 0.15) is 0 Å². The Morgan fingerprint density at radius 2 is 2.13 bits per heavy atom. The summed E-state index contributed by atoms with van der Waals surface area (Å²) in [6.07, 6.45) is 0.892. The van der Waals surface area contributed by atoms with Gasteiger partial charge in [-0.25, -0.2) is 0 Å². The van der Waals surface area contributed by atoms with Crippen LogP contribution in [-0.4, -0.2) is 43.2 Å². The van der Waals surface area contributed by atoms with Crippen molar-refractivity contribution in [2.45, 2.75) is 38.3 Å². The van der Waals surface area contributed by atoms with E-state index in [1.165, 1.54) is 21.8 Å². The van der Waals surface area contributed by atoms with Crippen LogP contribution in [0.3, 0.4) is 0 Å². The van der Waals surface area contributed by atoms with E-state index in [9.17, 15) is 18.0 Å². The summed E-state index contributed by atoms with van der Waals surface area (Å²) in [5.41, 5.74) is 1.96. The summed E-state index contributed by atoms with van der Waals surface area (Å²) in [6.45, 7) is 0.461. The van der Waals surface area contributed by atoms with Crippen molar-refractivity contribution >= 4 is 17.2 Å². The van der Waals surface area contributed by atoms with Crippen LogP contribution in [0.15, 0.2) is 5.38 Å². The van der Waals surface area contributed by atoms with Gasteiger partial charge in [-0.1, -0.05) is 0 Å². The molecule has 1 unspecified atom stereocenters. The second-order valence-corrected chi connectivity index (χ2v) is 7.44. The largest absolute Gasteiger partial charge is 0.401 e. The van der Waals surface area contributed by atoms with Gasteiger partial charge in [0.25, 0.3) is 5.91 Å². The van der Waals surface area contributed by atoms with E-state index in [1.807, 2.05) is 5.38 Å². The molecule has 1 aromatic heterocycles. The standard InChI is InChI=1S/C16H21F3N2OS/c17-16(18,19)10-21-6-5-11(8-21)7-20-15(22)13-9-23-14-4-2-1-3-12(13)14/h9,11H,1-8,10H2,(H,20,22). The Balaban J connectivity index is 1.49. The van der Waals surface area contributed by atoms with Crippen LogP contribution in [0.1, 0.15) is 40.1 Å². The monoisotopic (exact) mass is 346 g/mol. The molecule has 0 radical (unpaired) electrons. The normalized spacial score (nSPS) is 22.1. The van der Waals surface area contributed by atoms with Crippen molar-refractivity contribution in [3.8, 4) is 0 Å². The summed E-state index contributed by atoms with van der Waals surface area (Å²) < 4.78 is 37.2. The highest BCUT2D eigenvalue weighted by Gasteiger charge is 2.34. The molecule has 3 rings (SSSR count). The summed E-state index contributed by atoms with van der Waals surface area (Å²) >= 11 is 1.65. The predicted molar refractivity (Wildman–Crippen MR) is 83.9 cm³/mol. The second-order valence-electron chi connectivity index (χ2n) is 6.47. The zero-order valence-corrected chi connectivity index (χ0v) is 13.7. The van der Waals surface area contributed by atoms with E-state index < -0.39 is 12.7 Å². The average Bonchev–Trinajstić information content (AvgIpc) is 3.09. The maximum atomic E-state index is 12.4. The highest BCUT2D eigenvalue weighted by molar-refractivity contribution is 7.10. The van der Waals surface area contributed by atoms with Gasteiger partial charge in [-0.2, -0.15) is 13.2 Å². The molecular formula is C16H21F3N2OS. The molecule has 1 N–H and O–H groups in total. The van der Waals surface area contributed by atoms with Crippen LogP contribution in [0, 0.1) is 5.92 Å². The molecule has 7 heteroatoms. The molecule has 128 valence electrons. The van der Waals surface area contributed by atoms with Crippen molar-refractivity contribution in [3.05, 3.63) is 21.4 Å². The van der Waals surface area contributed by atoms with E-state index in [-0.39, 0.29) is 11.8 Å². The van der Waals surface area contributed by atoms with E-state index >= 15 is 0 Å². The molecule has 0 spiro atoms. The molecule has 0 saturated carbocycles. The van der Waals surface area contributed by atoms with Gasteiger partial charge in [-0.3, -0.25) is 9.69 Å². The fraction of sp³-hybridized carbons (Fsp3) is 0.688. The third-order valence-corrected chi connectivity index (χ3v) is 5.72. The summed E-state index contributed by atoms with van der Waals surface area (Å²) in [4.78, 5) is 15.1. The molecule has 1 saturated heterocycles. The van der Waals surface area contributed by atoms with Crippen molar-refractivity contribution in [2.24, 2.45) is 5.92 Å². The van der Waals surface area contributed by atoms with E-state index in [1.54, 1.807) is 11.3 Å². The number of hydrogen-bond donors (Lipinski definition) is 1. The maximum Gasteiger partial charge on any atom is 0.401 e. The number of hydrogen-bond acceptors (Lipinski definition) is 3. The molecule has 1 aromatic rings. The second kappa shape index (κ2) is 6.81. The molecule has 2 heterocycles. The van der Waals surface area contributed by atoms with Gasteiger partial charge in [0, 0.05) is 23.3 Å². The third-order valence-electron chi connectivity index (χ3n) is 4.63. The van der Waals surface area contributed by atoms with Gasteiger partial charge >= 0.3 is 6.18 Å². The first-order valence-electron chi connectivity index (χ1n) is 8.09. The first kappa shape index (κ1) is 16.8. The van der Waals surface area contributed by atoms with Crippen molar-refractivity contribution in [3.63, 3.8) is 0 Å². The van der Waals surface area contributed by atoms with Gasteiger partial charge in [-0.05, 0) is 50.1 Å². The Kier molecular flexibility index (Phi) is 4.96. The molecule has 1 aliphatic heterocycles. The van der Waals surface area contributed by atoms with Crippen LogP contribution in [0.2, 0.25) is 0 Å². The fourth-order valence-corrected chi connectivity index (χ4v) is 4.62. The first-order chi connectivity index (χ1) is 10.9. The first-order valence-corrected chi connectivity index (χ1v) is 8.97. The molecule has 1 amide bonds. The zero-order chi connectivity index (χ0) is 16.4. The number of likely N-dealkylation sites (tertiary alicyclic amines) is 1. The molecule has 0 bridgehead atoms. The summed E-state index contributed by atoms with van der Waals surface area (Å²) in [6, 6.07) is 0. The van der Waals surface area contributed by atoms with Gasteiger partial charge in [0.05, 0.1) is 12.1 Å². The Bertz CT molecular complexity index is 570. The zero-order valence-electron chi connectivity index (χ0n) is 12.9. The van der Waals surface area contributed by atoms with Crippen LogP contribution in [0.5, 0.6) is 0 Å². The smallest absolute Gasteiger partial charge is 0.352 e. The Hall–Kier alpha value is -1.08. The minimum atomic E-state index is -4.14. The number of nitrogens with one attached hydrogen (secondary N) is 1. The SMILES string of the molecule is O=C(NCC1CCN(CC(F)(F)F)C1)c1csc2c1CCCC2. The maximum absolute atomic E-state index is 12.4. The highest BCUT2D eigenvalue weighted by atomic mass is 32.1. The molecule has 0 aromatic carbocycles. The minimum Gasteiger partial charge on any atom is -0.352 e. The lowest BCUT2D eigenvalue weighted by molar-refractivity contribution is -0.143. The Morgan fingerprint density at radius 3 is 2.91 bits per heavy atom. The van der Waals surface area contributed by atoms with Crippen LogP contribution in [0.25, 0.3) is 0 Å². The summed E-state index contributed by atoms with van der Waals surface area (Å²) in [5, 5.41) is 4.85. The number of carbonyl (C=O) groups excluding carboxylic acids is 1. The van der Waals surface area contributed by atoms with Gasteiger partial charge in [-0.15, -0.1) is 11.3 Å². The van der Waals surface area contributed by atoms with Crippen LogP contribution < -0.4 is 5.32 Å². The summed E-state index contributed by atoms with van der Waals surface area (Å²) in [7, 11) is 0. The number of carbonyl (C=O) groups is 1. The number of rotatable bonds is 4. The van der Waals surface area contributed by atoms with Gasteiger partial charge in [0.2, 0.25) is 0 Å². The number of fused-ring (bicyclic) bond motifs is 1. The number of amides is 1. The third kappa shape index (κ3) is 4.26. The highest BCUT2D eigenvalue weighted by Crippen LogP contribution is 2.30. The number of halogens is 3. The molecule has 23 heavy (non-hydrogen) atoms. The van der Waals surface area contributed by atoms with Gasteiger partial charge in [0.15, 0.2) is 0 Å². The minimum absolute atomic E-state index is 0.0707. The quantitative estimate of drug-likeness (QED) is 0.908. The molecule has 2 aliphatic rings. The number of nitrogens with zero attached hydrogens (tertiary/aromatic N) is 1. The molecule has 1 fully saturated rings. The van der Waals surface area contributed by atoms with Crippen molar-refractivity contribution in [2.75, 3.05) is 26.2 Å². The molecule has 3 nitrogen and oxygen atoms in total. The van der Waals surface area contributed by atoms with Crippen LogP contribution >= 0.6 is 11.3 Å². The van der Waals surface area contributed by atoms with E-state index in [0.29, 0.717) is 26.1 Å². The Labute approximate surface area is 137 Å². The topological polar surface area (TPSA) is 32.3 Å². The lowest BCUT2D eigenvalue weighted by Crippen LogP contribution is -2.34. The fourth-order valence-electron chi connectivity index (χ4n) is 3.49. The predicted octanol–water partition coefficient (Wildman–Crippen LogP) is 3.24. The molecule has 1 aliphatic carbocycles. The van der Waals surface area contributed by atoms with Crippen molar-refractivity contribution in [1.29, 1.82) is 0 Å². The van der Waals surface area contributed by atoms with E-state index in [0.717, 1.165) is 24.8 Å². The van der Waals surface area contributed by atoms with E-state index in [4.69, 9.17) is 0 Å². The number of alkyl halides is 3. The number of aryl methyl sites for hydroxylation is 1. The lowest BCUT2D eigenvalue weighted by Gasteiger charge is -2.18. The van der Waals surface area contributed by atoms with E-state index in [2.05, 4.69) is 5.32 Å². The number of thiophene rings is 1. The van der Waals surface area contributed by atoms with Crippen molar-refractivity contribution in [1.82, 2.24) is 10.2 Å². The molecular weight excluding hydrogens is 325 g/mol. The summed E-state index contributed by atoms with van der Waals surface area (Å²) in [5.74, 6) is 0.0365. The van der Waals surface area contributed by atoms with Gasteiger partial charge < -0.3 is 5.32 Å².